The van der Waals surface area contributed by atoms with Crippen molar-refractivity contribution in [3.63, 3.8) is 0 Å². The highest BCUT2D eigenvalue weighted by Crippen LogP contribution is 2.18. The maximum atomic E-state index is 11.0. The number of carbonyl (C=O) groups is 1. The number of hydrogen-bond donors (Lipinski definition) is 1. The number of carboxylic acid groups (broad SMARTS) is 1. The number of aryl methyl sites for hydroxylation is 1. The van der Waals surface area contributed by atoms with Crippen molar-refractivity contribution in [3.8, 4) is 0 Å². The van der Waals surface area contributed by atoms with Gasteiger partial charge in [0.05, 0.1) is 17.9 Å². The van der Waals surface area contributed by atoms with Gasteiger partial charge >= 0.3 is 5.97 Å². The summed E-state index contributed by atoms with van der Waals surface area (Å²) in [6.45, 7) is 3.85. The zero-order valence-corrected chi connectivity index (χ0v) is 11.0. The first-order chi connectivity index (χ1) is 7.99. The Balaban J connectivity index is 2.34. The molecule has 0 aliphatic rings. The Morgan fingerprint density at radius 1 is 1.53 bits per heavy atom. The molecule has 2 rings (SSSR count). The number of hydrogen-bond acceptors (Lipinski definition) is 3. The molecule has 0 saturated carbocycles. The molecular formula is C11H11BrN2O3. The Morgan fingerprint density at radius 3 is 2.71 bits per heavy atom. The molecule has 0 fully saturated rings. The van der Waals surface area contributed by atoms with E-state index in [1.165, 1.54) is 0 Å². The molecule has 2 aromatic rings. The van der Waals surface area contributed by atoms with Gasteiger partial charge in [0.25, 0.3) is 0 Å². The lowest BCUT2D eigenvalue weighted by Gasteiger charge is -2.01. The topological polar surface area (TPSA) is 68.3 Å². The molecule has 0 unspecified atom stereocenters. The van der Waals surface area contributed by atoms with Gasteiger partial charge < -0.3 is 9.52 Å². The van der Waals surface area contributed by atoms with Crippen LogP contribution >= 0.6 is 15.9 Å². The van der Waals surface area contributed by atoms with Crippen molar-refractivity contribution in [3.05, 3.63) is 39.5 Å². The number of aromatic carboxylic acids is 1. The van der Waals surface area contributed by atoms with Gasteiger partial charge in [-0.3, -0.25) is 4.68 Å². The fourth-order valence-corrected chi connectivity index (χ4v) is 2.08. The van der Waals surface area contributed by atoms with Crippen LogP contribution in [0, 0.1) is 13.8 Å². The standard InChI is InChI=1S/C11H11BrN2O3/c1-6-10(11(15)16)7(2)14(13-6)5-8-3-4-9(12)17-8/h3-4H,5H2,1-2H3,(H,15,16). The van der Waals surface area contributed by atoms with Crippen LogP contribution in [0.15, 0.2) is 21.2 Å². The lowest BCUT2D eigenvalue weighted by atomic mass is 10.2. The summed E-state index contributed by atoms with van der Waals surface area (Å²) in [4.78, 5) is 11.0. The second-order valence-corrected chi connectivity index (χ2v) is 4.50. The zero-order valence-electron chi connectivity index (χ0n) is 9.40. The fourth-order valence-electron chi connectivity index (χ4n) is 1.74. The minimum absolute atomic E-state index is 0.260. The van der Waals surface area contributed by atoms with E-state index in [9.17, 15) is 4.79 Å². The summed E-state index contributed by atoms with van der Waals surface area (Å²) in [6.07, 6.45) is 0. The zero-order chi connectivity index (χ0) is 12.6. The van der Waals surface area contributed by atoms with Crippen molar-refractivity contribution < 1.29 is 14.3 Å². The van der Waals surface area contributed by atoms with Gasteiger partial charge in [-0.25, -0.2) is 4.79 Å². The average molecular weight is 299 g/mol. The van der Waals surface area contributed by atoms with Crippen LogP contribution in [0.5, 0.6) is 0 Å². The predicted octanol–water partition coefficient (Wildman–Crippen LogP) is 2.60. The summed E-state index contributed by atoms with van der Waals surface area (Å²) in [5, 5.41) is 13.2. The monoisotopic (exact) mass is 298 g/mol. The van der Waals surface area contributed by atoms with Crippen molar-refractivity contribution in [2.45, 2.75) is 20.4 Å². The van der Waals surface area contributed by atoms with Crippen molar-refractivity contribution in [2.24, 2.45) is 0 Å². The van der Waals surface area contributed by atoms with E-state index in [0.29, 0.717) is 22.6 Å². The van der Waals surface area contributed by atoms with E-state index in [-0.39, 0.29) is 5.56 Å². The molecule has 0 spiro atoms. The largest absolute Gasteiger partial charge is 0.478 e. The quantitative estimate of drug-likeness (QED) is 0.946. The molecule has 0 aliphatic heterocycles. The highest BCUT2D eigenvalue weighted by molar-refractivity contribution is 9.10. The Morgan fingerprint density at radius 2 is 2.24 bits per heavy atom. The van der Waals surface area contributed by atoms with Crippen molar-refractivity contribution >= 4 is 21.9 Å². The number of carboxylic acids is 1. The highest BCUT2D eigenvalue weighted by Gasteiger charge is 2.18. The van der Waals surface area contributed by atoms with Gasteiger partial charge in [-0.2, -0.15) is 5.10 Å². The number of rotatable bonds is 3. The Kier molecular flexibility index (Phi) is 3.06. The Hall–Kier alpha value is -1.56. The van der Waals surface area contributed by atoms with Crippen LogP contribution < -0.4 is 0 Å². The second-order valence-electron chi connectivity index (χ2n) is 3.71. The second kappa shape index (κ2) is 4.37. The van der Waals surface area contributed by atoms with Gasteiger partial charge in [-0.05, 0) is 41.9 Å². The maximum Gasteiger partial charge on any atom is 0.339 e. The summed E-state index contributed by atoms with van der Waals surface area (Å²) in [5.74, 6) is -0.230. The molecule has 0 aromatic carbocycles. The fraction of sp³-hybridized carbons (Fsp3) is 0.273. The van der Waals surface area contributed by atoms with Gasteiger partial charge in [0.15, 0.2) is 4.67 Å². The molecule has 5 nitrogen and oxygen atoms in total. The molecule has 0 bridgehead atoms. The van der Waals surface area contributed by atoms with Crippen molar-refractivity contribution in [1.29, 1.82) is 0 Å². The van der Waals surface area contributed by atoms with E-state index in [2.05, 4.69) is 21.0 Å². The first-order valence-corrected chi connectivity index (χ1v) is 5.80. The van der Waals surface area contributed by atoms with E-state index in [1.54, 1.807) is 24.6 Å². The molecule has 6 heteroatoms. The van der Waals surface area contributed by atoms with E-state index < -0.39 is 5.97 Å². The minimum atomic E-state index is -0.952. The normalized spacial score (nSPS) is 10.8. The summed E-state index contributed by atoms with van der Waals surface area (Å²) >= 11 is 3.22. The Labute approximate surface area is 106 Å². The molecule has 0 atom stereocenters. The van der Waals surface area contributed by atoms with Gasteiger partial charge in [0, 0.05) is 0 Å². The van der Waals surface area contributed by atoms with Crippen molar-refractivity contribution in [1.82, 2.24) is 9.78 Å². The number of nitrogens with zero attached hydrogens (tertiary/aromatic N) is 2. The van der Waals surface area contributed by atoms with Gasteiger partial charge in [0.2, 0.25) is 0 Å². The lowest BCUT2D eigenvalue weighted by Crippen LogP contribution is -2.05. The van der Waals surface area contributed by atoms with Crippen LogP contribution in [0.2, 0.25) is 0 Å². The first kappa shape index (κ1) is 11.9. The van der Waals surface area contributed by atoms with Crippen LogP contribution in [0.25, 0.3) is 0 Å². The van der Waals surface area contributed by atoms with Gasteiger partial charge in [-0.15, -0.1) is 0 Å². The third-order valence-electron chi connectivity index (χ3n) is 2.53. The third-order valence-corrected chi connectivity index (χ3v) is 2.96. The van der Waals surface area contributed by atoms with Gasteiger partial charge in [0.1, 0.15) is 11.3 Å². The van der Waals surface area contributed by atoms with Crippen LogP contribution in [0.1, 0.15) is 27.5 Å². The molecule has 0 aliphatic carbocycles. The maximum absolute atomic E-state index is 11.0. The van der Waals surface area contributed by atoms with Gasteiger partial charge in [-0.1, -0.05) is 0 Å². The molecular weight excluding hydrogens is 288 g/mol. The summed E-state index contributed by atoms with van der Waals surface area (Å²) in [5.41, 5.74) is 1.40. The molecule has 0 saturated heterocycles. The predicted molar refractivity (Wildman–Crippen MR) is 64.2 cm³/mol. The molecule has 90 valence electrons. The smallest absolute Gasteiger partial charge is 0.339 e. The lowest BCUT2D eigenvalue weighted by molar-refractivity contribution is 0.0695. The third kappa shape index (κ3) is 2.26. The van der Waals surface area contributed by atoms with Crippen LogP contribution in [0.4, 0.5) is 0 Å². The number of halogens is 1. The van der Waals surface area contributed by atoms with Crippen LogP contribution in [-0.2, 0) is 6.54 Å². The van der Waals surface area contributed by atoms with E-state index in [0.717, 1.165) is 5.76 Å². The van der Waals surface area contributed by atoms with Crippen molar-refractivity contribution in [2.75, 3.05) is 0 Å². The summed E-state index contributed by atoms with van der Waals surface area (Å²) in [6, 6.07) is 3.61. The molecule has 2 heterocycles. The van der Waals surface area contributed by atoms with E-state index in [4.69, 9.17) is 9.52 Å². The van der Waals surface area contributed by atoms with Crippen LogP contribution in [-0.4, -0.2) is 20.9 Å². The SMILES string of the molecule is Cc1nn(Cc2ccc(Br)o2)c(C)c1C(=O)O. The first-order valence-electron chi connectivity index (χ1n) is 5.00. The average Bonchev–Trinajstić information content (AvgIpc) is 2.73. The number of furan rings is 1. The summed E-state index contributed by atoms with van der Waals surface area (Å²) in [7, 11) is 0. The van der Waals surface area contributed by atoms with Crippen LogP contribution in [0.3, 0.4) is 0 Å². The molecule has 17 heavy (non-hydrogen) atoms. The van der Waals surface area contributed by atoms with E-state index >= 15 is 0 Å². The highest BCUT2D eigenvalue weighted by atomic mass is 79.9. The minimum Gasteiger partial charge on any atom is -0.478 e. The molecule has 2 aromatic heterocycles. The molecule has 0 amide bonds. The summed E-state index contributed by atoms with van der Waals surface area (Å²) < 4.78 is 7.64. The van der Waals surface area contributed by atoms with E-state index in [1.807, 2.05) is 6.07 Å². The Bertz CT molecular complexity index is 571. The molecule has 0 radical (unpaired) electrons. The molecule has 1 N–H and O–H groups in total. The number of aromatic nitrogens is 2.